The van der Waals surface area contributed by atoms with Crippen molar-refractivity contribution in [3.8, 4) is 11.5 Å². The molecule has 40 heavy (non-hydrogen) atoms. The summed E-state index contributed by atoms with van der Waals surface area (Å²) in [4.78, 5) is 50.5. The molecule has 0 unspecified atom stereocenters. The van der Waals surface area contributed by atoms with Gasteiger partial charge in [-0.1, -0.05) is 18.2 Å². The number of halogens is 1. The third-order valence-electron chi connectivity index (χ3n) is 5.73. The van der Waals surface area contributed by atoms with Gasteiger partial charge < -0.3 is 29.3 Å². The maximum atomic E-state index is 13.0. The summed E-state index contributed by atoms with van der Waals surface area (Å²) in [5, 5.41) is 5.35. The van der Waals surface area contributed by atoms with Crippen molar-refractivity contribution in [2.75, 3.05) is 25.6 Å². The average molecular weight is 612 g/mol. The lowest BCUT2D eigenvalue weighted by Gasteiger charge is -2.15. The highest BCUT2D eigenvalue weighted by molar-refractivity contribution is 9.10. The third kappa shape index (κ3) is 6.52. The van der Waals surface area contributed by atoms with Crippen LogP contribution in [0.25, 0.3) is 6.08 Å². The van der Waals surface area contributed by atoms with Crippen LogP contribution in [0.1, 0.15) is 34.4 Å². The highest BCUT2D eigenvalue weighted by Gasteiger charge is 2.34. The van der Waals surface area contributed by atoms with Gasteiger partial charge in [-0.3, -0.25) is 14.5 Å². The summed E-state index contributed by atoms with van der Waals surface area (Å²) in [6.07, 6.45) is 1.49. The minimum Gasteiger partial charge on any atom is -0.490 e. The molecule has 3 aromatic rings. The number of esters is 1. The molecule has 0 spiro atoms. The van der Waals surface area contributed by atoms with Crippen molar-refractivity contribution in [2.24, 2.45) is 0 Å². The second kappa shape index (κ2) is 12.5. The summed E-state index contributed by atoms with van der Waals surface area (Å²) in [6, 6.07) is 12.9. The molecule has 2 heterocycles. The van der Waals surface area contributed by atoms with Crippen LogP contribution in [0, 0.1) is 6.92 Å². The molecular weight excluding hydrogens is 586 g/mol. The number of carbonyl (C=O) groups is 4. The van der Waals surface area contributed by atoms with E-state index in [0.29, 0.717) is 33.8 Å². The maximum absolute atomic E-state index is 13.0. The van der Waals surface area contributed by atoms with Gasteiger partial charge in [0.05, 0.1) is 24.7 Å². The number of imide groups is 1. The van der Waals surface area contributed by atoms with Crippen molar-refractivity contribution in [3.63, 3.8) is 0 Å². The Morgan fingerprint density at radius 1 is 1.12 bits per heavy atom. The van der Waals surface area contributed by atoms with E-state index >= 15 is 0 Å². The van der Waals surface area contributed by atoms with Crippen molar-refractivity contribution in [1.82, 2.24) is 10.2 Å². The molecule has 0 saturated carbocycles. The number of aryl methyl sites for hydroxylation is 1. The van der Waals surface area contributed by atoms with Crippen LogP contribution in [0.2, 0.25) is 0 Å². The van der Waals surface area contributed by atoms with Gasteiger partial charge in [-0.05, 0) is 77.3 Å². The Hall–Kier alpha value is -4.58. The Balaban J connectivity index is 1.48. The van der Waals surface area contributed by atoms with E-state index in [-0.39, 0.29) is 36.3 Å². The SMILES string of the molecule is CCOc1cc(/C=C2\NC(=O)N(Cc3ccc(C(=O)OC)o3)C2=O)cc(Br)c1OCC(=O)Nc1ccccc1C. The Bertz CT molecular complexity index is 1500. The molecule has 1 aromatic heterocycles. The summed E-state index contributed by atoms with van der Waals surface area (Å²) in [7, 11) is 1.22. The average Bonchev–Trinajstić information content (AvgIpc) is 3.49. The molecule has 0 atom stereocenters. The molecule has 11 nitrogen and oxygen atoms in total. The first kappa shape index (κ1) is 28.4. The van der Waals surface area contributed by atoms with Gasteiger partial charge in [0.2, 0.25) is 5.76 Å². The molecular formula is C28H26BrN3O8. The Morgan fingerprint density at radius 2 is 1.90 bits per heavy atom. The van der Waals surface area contributed by atoms with Gasteiger partial charge in [0.25, 0.3) is 11.8 Å². The molecule has 0 aliphatic carbocycles. The number of nitrogens with zero attached hydrogens (tertiary/aromatic N) is 1. The second-order valence-corrected chi connectivity index (χ2v) is 9.41. The van der Waals surface area contributed by atoms with Crippen LogP contribution in [0.5, 0.6) is 11.5 Å². The number of amides is 4. The van der Waals surface area contributed by atoms with E-state index in [9.17, 15) is 19.2 Å². The number of hydrogen-bond acceptors (Lipinski definition) is 8. The number of hydrogen-bond donors (Lipinski definition) is 2. The zero-order valence-electron chi connectivity index (χ0n) is 21.9. The summed E-state index contributed by atoms with van der Waals surface area (Å²) in [5.41, 5.74) is 2.18. The van der Waals surface area contributed by atoms with E-state index in [0.717, 1.165) is 10.5 Å². The van der Waals surface area contributed by atoms with E-state index in [1.165, 1.54) is 25.3 Å². The van der Waals surface area contributed by atoms with Gasteiger partial charge >= 0.3 is 12.0 Å². The minimum atomic E-state index is -0.668. The predicted molar refractivity (Wildman–Crippen MR) is 148 cm³/mol. The molecule has 4 rings (SSSR count). The molecule has 2 aromatic carbocycles. The molecule has 0 radical (unpaired) electrons. The number of nitrogens with one attached hydrogen (secondary N) is 2. The minimum absolute atomic E-state index is 0.0328. The first-order chi connectivity index (χ1) is 19.2. The normalized spacial score (nSPS) is 13.8. The monoisotopic (exact) mass is 611 g/mol. The number of urea groups is 1. The second-order valence-electron chi connectivity index (χ2n) is 8.55. The number of anilines is 1. The number of methoxy groups -OCH3 is 1. The largest absolute Gasteiger partial charge is 0.490 e. The van der Waals surface area contributed by atoms with Crippen molar-refractivity contribution < 1.29 is 37.8 Å². The van der Waals surface area contributed by atoms with Gasteiger partial charge in [-0.25, -0.2) is 9.59 Å². The van der Waals surface area contributed by atoms with Crippen molar-refractivity contribution in [2.45, 2.75) is 20.4 Å². The molecule has 12 heteroatoms. The van der Waals surface area contributed by atoms with Gasteiger partial charge in [0.1, 0.15) is 11.5 Å². The van der Waals surface area contributed by atoms with E-state index in [4.69, 9.17) is 13.9 Å². The van der Waals surface area contributed by atoms with Crippen LogP contribution >= 0.6 is 15.9 Å². The van der Waals surface area contributed by atoms with E-state index in [1.807, 2.05) is 25.1 Å². The summed E-state index contributed by atoms with van der Waals surface area (Å²) >= 11 is 3.45. The number of para-hydroxylation sites is 1. The van der Waals surface area contributed by atoms with E-state index in [2.05, 4.69) is 31.3 Å². The lowest BCUT2D eigenvalue weighted by atomic mass is 10.1. The zero-order valence-corrected chi connectivity index (χ0v) is 23.5. The first-order valence-electron chi connectivity index (χ1n) is 12.2. The lowest BCUT2D eigenvalue weighted by molar-refractivity contribution is -0.123. The van der Waals surface area contributed by atoms with Crippen LogP contribution in [-0.2, 0) is 20.9 Å². The van der Waals surface area contributed by atoms with Crippen LogP contribution < -0.4 is 20.1 Å². The highest BCUT2D eigenvalue weighted by atomic mass is 79.9. The molecule has 208 valence electrons. The maximum Gasteiger partial charge on any atom is 0.373 e. The molecule has 1 aliphatic rings. The Kier molecular flexibility index (Phi) is 8.90. The first-order valence-corrected chi connectivity index (χ1v) is 13.0. The van der Waals surface area contributed by atoms with Crippen LogP contribution in [0.3, 0.4) is 0 Å². The third-order valence-corrected chi connectivity index (χ3v) is 6.32. The van der Waals surface area contributed by atoms with Gasteiger partial charge in [0, 0.05) is 5.69 Å². The number of benzene rings is 2. The van der Waals surface area contributed by atoms with E-state index in [1.54, 1.807) is 25.1 Å². The van der Waals surface area contributed by atoms with Crippen LogP contribution in [0.4, 0.5) is 10.5 Å². The molecule has 2 N–H and O–H groups in total. The molecule has 1 aliphatic heterocycles. The summed E-state index contributed by atoms with van der Waals surface area (Å²) in [6.45, 7) is 3.57. The Labute approximate surface area is 238 Å². The summed E-state index contributed by atoms with van der Waals surface area (Å²) < 4.78 is 21.9. The number of ether oxygens (including phenoxy) is 3. The summed E-state index contributed by atoms with van der Waals surface area (Å²) in [5.74, 6) is -0.742. The quantitative estimate of drug-likeness (QED) is 0.192. The molecule has 1 fully saturated rings. The molecule has 0 bridgehead atoms. The zero-order chi connectivity index (χ0) is 28.8. The van der Waals surface area contributed by atoms with Gasteiger partial charge in [-0.2, -0.15) is 0 Å². The van der Waals surface area contributed by atoms with Crippen LogP contribution in [0.15, 0.2) is 63.1 Å². The predicted octanol–water partition coefficient (Wildman–Crippen LogP) is 4.65. The lowest BCUT2D eigenvalue weighted by Crippen LogP contribution is -2.30. The van der Waals surface area contributed by atoms with Gasteiger partial charge in [-0.15, -0.1) is 0 Å². The number of carbonyl (C=O) groups excluding carboxylic acids is 4. The smallest absolute Gasteiger partial charge is 0.373 e. The molecule has 4 amide bonds. The fourth-order valence-corrected chi connectivity index (χ4v) is 4.40. The highest BCUT2D eigenvalue weighted by Crippen LogP contribution is 2.38. The van der Waals surface area contributed by atoms with Crippen molar-refractivity contribution in [1.29, 1.82) is 0 Å². The number of furan rings is 1. The molecule has 1 saturated heterocycles. The Morgan fingerprint density at radius 3 is 2.62 bits per heavy atom. The van der Waals surface area contributed by atoms with Crippen molar-refractivity contribution >= 4 is 51.5 Å². The van der Waals surface area contributed by atoms with E-state index < -0.39 is 17.9 Å². The fraction of sp³-hybridized carbons (Fsp3) is 0.214. The fourth-order valence-electron chi connectivity index (χ4n) is 3.82. The van der Waals surface area contributed by atoms with Crippen LogP contribution in [-0.4, -0.2) is 49.0 Å². The topological polar surface area (TPSA) is 136 Å². The standard InChI is InChI=1S/C28H26BrN3O8/c1-4-38-23-13-17(11-19(29)25(23)39-15-24(33)30-20-8-6-5-7-16(20)2)12-21-26(34)32(28(36)31-21)14-18-9-10-22(40-18)27(35)37-3/h5-13H,4,14-15H2,1-3H3,(H,30,33)(H,31,36)/b21-12-. The van der Waals surface area contributed by atoms with Gasteiger partial charge in [0.15, 0.2) is 18.1 Å². The number of rotatable bonds is 10. The van der Waals surface area contributed by atoms with Crippen molar-refractivity contribution in [3.05, 3.63) is 81.3 Å².